The maximum Gasteiger partial charge on any atom is 0.311 e. The van der Waals surface area contributed by atoms with E-state index in [1.165, 1.54) is 6.07 Å². The van der Waals surface area contributed by atoms with Crippen LogP contribution in [0.3, 0.4) is 0 Å². The largest absolute Gasteiger partial charge is 0.481 e. The lowest BCUT2D eigenvalue weighted by atomic mass is 9.81. The van der Waals surface area contributed by atoms with E-state index in [-0.39, 0.29) is 30.4 Å². The zero-order valence-corrected chi connectivity index (χ0v) is 13.5. The molecule has 2 fully saturated rings. The molecule has 7 nitrogen and oxygen atoms in total. The Morgan fingerprint density at radius 3 is 2.79 bits per heavy atom. The van der Waals surface area contributed by atoms with E-state index < -0.39 is 16.3 Å². The second-order valence-electron chi connectivity index (χ2n) is 6.67. The minimum Gasteiger partial charge on any atom is -0.481 e. The van der Waals surface area contributed by atoms with Crippen LogP contribution in [0.5, 0.6) is 0 Å². The van der Waals surface area contributed by atoms with Gasteiger partial charge in [-0.3, -0.25) is 19.7 Å². The van der Waals surface area contributed by atoms with Crippen molar-refractivity contribution >= 4 is 23.1 Å². The topological polar surface area (TPSA) is 101 Å². The first kappa shape index (κ1) is 16.4. The number of ketones is 1. The van der Waals surface area contributed by atoms with Crippen LogP contribution >= 0.6 is 0 Å². The number of nitrogens with zero attached hydrogens (tertiary/aromatic N) is 2. The summed E-state index contributed by atoms with van der Waals surface area (Å²) in [6, 6.07) is 4.48. The van der Waals surface area contributed by atoms with Crippen molar-refractivity contribution in [1.82, 2.24) is 0 Å². The highest BCUT2D eigenvalue weighted by Gasteiger charge is 2.55. The molecule has 24 heavy (non-hydrogen) atoms. The molecule has 1 heterocycles. The van der Waals surface area contributed by atoms with Crippen LogP contribution in [0.15, 0.2) is 18.2 Å². The Labute approximate surface area is 139 Å². The summed E-state index contributed by atoms with van der Waals surface area (Å²) in [4.78, 5) is 36.3. The highest BCUT2D eigenvalue weighted by molar-refractivity contribution is 5.97. The lowest BCUT2D eigenvalue weighted by Crippen LogP contribution is -2.35. The number of carbonyl (C=O) groups excluding carboxylic acids is 1. The van der Waals surface area contributed by atoms with Crippen LogP contribution in [0.4, 0.5) is 11.4 Å². The van der Waals surface area contributed by atoms with Crippen molar-refractivity contribution in [2.24, 2.45) is 11.3 Å². The number of carboxylic acids is 1. The van der Waals surface area contributed by atoms with Crippen LogP contribution in [0.2, 0.25) is 0 Å². The van der Waals surface area contributed by atoms with Gasteiger partial charge in [0.15, 0.2) is 5.78 Å². The predicted molar refractivity (Wildman–Crippen MR) is 87.3 cm³/mol. The number of aliphatic carboxylic acids is 1. The number of benzene rings is 1. The minimum absolute atomic E-state index is 0.0200. The van der Waals surface area contributed by atoms with Crippen molar-refractivity contribution < 1.29 is 19.6 Å². The van der Waals surface area contributed by atoms with Gasteiger partial charge >= 0.3 is 5.97 Å². The van der Waals surface area contributed by atoms with Gasteiger partial charge in [-0.2, -0.15) is 0 Å². The summed E-state index contributed by atoms with van der Waals surface area (Å²) in [7, 11) is 0. The fourth-order valence-electron chi connectivity index (χ4n) is 4.14. The van der Waals surface area contributed by atoms with Gasteiger partial charge in [-0.1, -0.05) is 13.3 Å². The van der Waals surface area contributed by atoms with E-state index in [1.807, 2.05) is 0 Å². The second-order valence-corrected chi connectivity index (χ2v) is 6.67. The first-order valence-corrected chi connectivity index (χ1v) is 8.19. The molecule has 1 N–H and O–H groups in total. The molecule has 1 saturated heterocycles. The van der Waals surface area contributed by atoms with Gasteiger partial charge in [0.25, 0.3) is 5.69 Å². The van der Waals surface area contributed by atoms with Gasteiger partial charge in [-0.25, -0.2) is 0 Å². The Morgan fingerprint density at radius 1 is 1.46 bits per heavy atom. The van der Waals surface area contributed by atoms with Crippen LogP contribution in [0.25, 0.3) is 0 Å². The number of hydrogen-bond acceptors (Lipinski definition) is 5. The highest BCUT2D eigenvalue weighted by Crippen LogP contribution is 2.50. The average Bonchev–Trinajstić information content (AvgIpc) is 3.11. The summed E-state index contributed by atoms with van der Waals surface area (Å²) < 4.78 is 0. The van der Waals surface area contributed by atoms with Crippen molar-refractivity contribution in [3.63, 3.8) is 0 Å². The molecule has 0 radical (unpaired) electrons. The molecule has 3 rings (SSSR count). The van der Waals surface area contributed by atoms with Crippen molar-refractivity contribution in [1.29, 1.82) is 0 Å². The Balaban J connectivity index is 1.97. The number of hydrogen-bond donors (Lipinski definition) is 1. The third-order valence-electron chi connectivity index (χ3n) is 5.45. The molecule has 7 heteroatoms. The van der Waals surface area contributed by atoms with Gasteiger partial charge in [0, 0.05) is 31.1 Å². The monoisotopic (exact) mass is 332 g/mol. The van der Waals surface area contributed by atoms with Gasteiger partial charge in [-0.05, 0) is 30.9 Å². The van der Waals surface area contributed by atoms with Crippen molar-refractivity contribution in [3.05, 3.63) is 33.9 Å². The number of Topliss-reactive ketones (excluding diaryl/α,β-unsaturated/α-hetero) is 1. The zero-order chi connectivity index (χ0) is 17.5. The molecule has 0 amide bonds. The Morgan fingerprint density at radius 2 is 2.21 bits per heavy atom. The average molecular weight is 332 g/mol. The van der Waals surface area contributed by atoms with E-state index in [1.54, 1.807) is 24.0 Å². The third kappa shape index (κ3) is 2.44. The fourth-order valence-corrected chi connectivity index (χ4v) is 4.14. The number of carbonyl (C=O) groups is 2. The van der Waals surface area contributed by atoms with Crippen molar-refractivity contribution in [2.45, 2.75) is 32.6 Å². The van der Waals surface area contributed by atoms with Gasteiger partial charge in [-0.15, -0.1) is 0 Å². The lowest BCUT2D eigenvalue weighted by Gasteiger charge is -2.24. The molecule has 0 aromatic heterocycles. The summed E-state index contributed by atoms with van der Waals surface area (Å²) in [6.07, 6.45) is 2.62. The molecular weight excluding hydrogens is 312 g/mol. The van der Waals surface area contributed by atoms with E-state index in [4.69, 9.17) is 0 Å². The lowest BCUT2D eigenvalue weighted by molar-refractivity contribution is -0.384. The highest BCUT2D eigenvalue weighted by atomic mass is 16.6. The summed E-state index contributed by atoms with van der Waals surface area (Å²) in [5, 5.41) is 21.1. The molecule has 128 valence electrons. The number of carboxylic acid groups (broad SMARTS) is 1. The molecule has 0 bridgehead atoms. The number of rotatable bonds is 5. The third-order valence-corrected chi connectivity index (χ3v) is 5.45. The second kappa shape index (κ2) is 5.89. The number of anilines is 1. The van der Waals surface area contributed by atoms with Crippen LogP contribution in [-0.4, -0.2) is 34.9 Å². The molecule has 0 unspecified atom stereocenters. The Bertz CT molecular complexity index is 717. The smallest absolute Gasteiger partial charge is 0.311 e. The Hall–Kier alpha value is -2.44. The number of nitro benzene ring substituents is 1. The number of nitro groups is 1. The van der Waals surface area contributed by atoms with Crippen LogP contribution in [0, 0.1) is 21.4 Å². The van der Waals surface area contributed by atoms with Crippen LogP contribution < -0.4 is 4.90 Å². The van der Waals surface area contributed by atoms with E-state index >= 15 is 0 Å². The molecule has 1 aliphatic heterocycles. The maximum atomic E-state index is 11.8. The van der Waals surface area contributed by atoms with E-state index in [9.17, 15) is 24.8 Å². The van der Waals surface area contributed by atoms with Gasteiger partial charge < -0.3 is 10.0 Å². The molecule has 1 aromatic carbocycles. The van der Waals surface area contributed by atoms with Crippen molar-refractivity contribution in [3.8, 4) is 0 Å². The molecular formula is C17H20N2O5. The predicted octanol–water partition coefficient (Wildman–Crippen LogP) is 2.88. The molecule has 2 atom stereocenters. The standard InChI is InChI=1S/C17H20N2O5/c1-2-15(20)11-5-6-13(14(8-11)19(23)24)18-9-12-4-3-7-17(12,10-18)16(21)22/h5-6,8,12H,2-4,7,9-10H2,1H3,(H,21,22)/t12-,17+/m0/s1. The van der Waals surface area contributed by atoms with Crippen molar-refractivity contribution in [2.75, 3.05) is 18.0 Å². The number of fused-ring (bicyclic) bond motifs is 1. The summed E-state index contributed by atoms with van der Waals surface area (Å²) in [5.74, 6) is -0.940. The SMILES string of the molecule is CCC(=O)c1ccc(N2C[C@@H]3CCC[C@@]3(C(=O)O)C2)c([N+](=O)[O-])c1. The normalized spacial score (nSPS) is 25.5. The Kier molecular flexibility index (Phi) is 4.03. The van der Waals surface area contributed by atoms with E-state index in [0.29, 0.717) is 24.2 Å². The zero-order valence-electron chi connectivity index (χ0n) is 13.5. The van der Waals surface area contributed by atoms with Gasteiger partial charge in [0.05, 0.1) is 10.3 Å². The van der Waals surface area contributed by atoms with Gasteiger partial charge in [0.1, 0.15) is 5.69 Å². The minimum atomic E-state index is -0.812. The summed E-state index contributed by atoms with van der Waals surface area (Å²) in [6.45, 7) is 2.50. The summed E-state index contributed by atoms with van der Waals surface area (Å²) >= 11 is 0. The van der Waals surface area contributed by atoms with E-state index in [0.717, 1.165) is 12.8 Å². The first-order valence-electron chi connectivity index (χ1n) is 8.19. The first-order chi connectivity index (χ1) is 11.4. The fraction of sp³-hybridized carbons (Fsp3) is 0.529. The quantitative estimate of drug-likeness (QED) is 0.505. The molecule has 2 aliphatic rings. The maximum absolute atomic E-state index is 11.8. The molecule has 0 spiro atoms. The molecule has 1 aromatic rings. The molecule has 1 saturated carbocycles. The van der Waals surface area contributed by atoms with Crippen LogP contribution in [-0.2, 0) is 4.79 Å². The van der Waals surface area contributed by atoms with Gasteiger partial charge in [0.2, 0.25) is 0 Å². The van der Waals surface area contributed by atoms with Crippen LogP contribution in [0.1, 0.15) is 43.0 Å². The molecule has 1 aliphatic carbocycles. The van der Waals surface area contributed by atoms with E-state index in [2.05, 4.69) is 0 Å². The summed E-state index contributed by atoms with van der Waals surface area (Å²) in [5.41, 5.74) is -0.205.